The van der Waals surface area contributed by atoms with E-state index in [1.807, 2.05) is 18.2 Å². The molecule has 1 atom stereocenters. The molecular weight excluding hydrogens is 428 g/mol. The molecule has 0 unspecified atom stereocenters. The fourth-order valence-electron chi connectivity index (χ4n) is 4.89. The van der Waals surface area contributed by atoms with Crippen molar-refractivity contribution >= 4 is 32.5 Å². The van der Waals surface area contributed by atoms with Crippen LogP contribution in [0.15, 0.2) is 45.7 Å². The van der Waals surface area contributed by atoms with Gasteiger partial charge in [-0.2, -0.15) is 4.98 Å². The number of hydrogen-bond donors (Lipinski definition) is 1. The summed E-state index contributed by atoms with van der Waals surface area (Å²) in [4.78, 5) is 19.9. The quantitative estimate of drug-likeness (QED) is 0.638. The highest BCUT2D eigenvalue weighted by atomic mass is 79.9. The van der Waals surface area contributed by atoms with Crippen LogP contribution in [0.4, 0.5) is 5.69 Å². The van der Waals surface area contributed by atoms with E-state index in [-0.39, 0.29) is 11.0 Å². The number of anilines is 1. The van der Waals surface area contributed by atoms with E-state index in [0.29, 0.717) is 11.4 Å². The van der Waals surface area contributed by atoms with Crippen LogP contribution in [0.5, 0.6) is 0 Å². The molecule has 0 spiro atoms. The molecule has 0 amide bonds. The Kier molecular flexibility index (Phi) is 4.33. The zero-order valence-electron chi connectivity index (χ0n) is 17.0. The Morgan fingerprint density at radius 3 is 2.90 bits per heavy atom. The van der Waals surface area contributed by atoms with Gasteiger partial charge < -0.3 is 10.2 Å². The van der Waals surface area contributed by atoms with E-state index in [4.69, 9.17) is 0 Å². The van der Waals surface area contributed by atoms with Gasteiger partial charge in [0.25, 0.3) is 5.56 Å². The lowest BCUT2D eigenvalue weighted by Crippen LogP contribution is -2.51. The first-order chi connectivity index (χ1) is 13.9. The van der Waals surface area contributed by atoms with Gasteiger partial charge in [0.05, 0.1) is 22.0 Å². The number of nitrogens with zero attached hydrogens (tertiary/aromatic N) is 3. The molecule has 3 aromatic rings. The van der Waals surface area contributed by atoms with Crippen molar-refractivity contribution in [2.75, 3.05) is 24.5 Å². The van der Waals surface area contributed by atoms with E-state index >= 15 is 0 Å². The predicted molar refractivity (Wildman–Crippen MR) is 121 cm³/mol. The van der Waals surface area contributed by atoms with Gasteiger partial charge in [-0.25, -0.2) is 0 Å². The van der Waals surface area contributed by atoms with Gasteiger partial charge in [-0.3, -0.25) is 9.36 Å². The summed E-state index contributed by atoms with van der Waals surface area (Å²) in [7, 11) is 0. The maximum atomic E-state index is 12.8. The molecule has 0 aliphatic carbocycles. The monoisotopic (exact) mass is 452 g/mol. The van der Waals surface area contributed by atoms with Crippen LogP contribution in [-0.4, -0.2) is 35.2 Å². The van der Waals surface area contributed by atoms with E-state index in [9.17, 15) is 4.79 Å². The topological polar surface area (TPSA) is 50.2 Å². The molecular formula is C23H25BrN4O. The van der Waals surface area contributed by atoms with Crippen molar-refractivity contribution < 1.29 is 0 Å². The van der Waals surface area contributed by atoms with Crippen LogP contribution < -0.4 is 15.8 Å². The summed E-state index contributed by atoms with van der Waals surface area (Å²) in [5.41, 5.74) is 3.99. The maximum absolute atomic E-state index is 12.8. The van der Waals surface area contributed by atoms with Crippen molar-refractivity contribution in [3.05, 3.63) is 62.6 Å². The highest BCUT2D eigenvalue weighted by Gasteiger charge is 2.39. The van der Waals surface area contributed by atoms with Crippen LogP contribution >= 0.6 is 15.9 Å². The molecule has 5 rings (SSSR count). The van der Waals surface area contributed by atoms with Crippen molar-refractivity contribution in [2.45, 2.75) is 38.6 Å². The summed E-state index contributed by atoms with van der Waals surface area (Å²) >= 11 is 3.55. The van der Waals surface area contributed by atoms with Gasteiger partial charge in [-0.1, -0.05) is 19.1 Å². The predicted octanol–water partition coefficient (Wildman–Crippen LogP) is 3.98. The minimum absolute atomic E-state index is 0.173. The van der Waals surface area contributed by atoms with Gasteiger partial charge >= 0.3 is 0 Å². The van der Waals surface area contributed by atoms with Crippen LogP contribution in [0.2, 0.25) is 0 Å². The number of nitrogens with one attached hydrogen (secondary N) is 1. The molecule has 2 aromatic carbocycles. The van der Waals surface area contributed by atoms with Crippen molar-refractivity contribution in [1.29, 1.82) is 0 Å². The normalized spacial score (nSPS) is 20.0. The lowest BCUT2D eigenvalue weighted by Gasteiger charge is -2.38. The minimum Gasteiger partial charge on any atom is -0.366 e. The molecule has 1 saturated heterocycles. The fraction of sp³-hybridized carbons (Fsp3) is 0.391. The highest BCUT2D eigenvalue weighted by molar-refractivity contribution is 9.10. The van der Waals surface area contributed by atoms with Crippen molar-refractivity contribution in [3.63, 3.8) is 0 Å². The zero-order chi connectivity index (χ0) is 20.3. The SMILES string of the molecule is CC[C@@H]1CNCCN1c1ccc2c(c1)-n1c(nc(=O)c3c(Br)cccc31)C2(C)C. The van der Waals surface area contributed by atoms with E-state index in [0.717, 1.165) is 47.6 Å². The van der Waals surface area contributed by atoms with Crippen molar-refractivity contribution in [2.24, 2.45) is 0 Å². The number of piperazine rings is 1. The van der Waals surface area contributed by atoms with Crippen LogP contribution in [0.1, 0.15) is 38.6 Å². The Morgan fingerprint density at radius 2 is 2.10 bits per heavy atom. The van der Waals surface area contributed by atoms with Gasteiger partial charge in [0.15, 0.2) is 0 Å². The standard InChI is InChI=1S/C23H25BrN4O/c1-4-14-13-25-10-11-27(14)15-8-9-16-19(12-15)28-18-7-5-6-17(24)20(18)21(29)26-22(28)23(16,2)3/h5-9,12,14,25H,4,10-11,13H2,1-3H3/t14-/m1/s1. The summed E-state index contributed by atoms with van der Waals surface area (Å²) < 4.78 is 2.97. The Balaban J connectivity index is 1.78. The molecule has 0 bridgehead atoms. The molecule has 1 fully saturated rings. The number of benzene rings is 2. The summed E-state index contributed by atoms with van der Waals surface area (Å²) in [6, 6.07) is 13.1. The molecule has 29 heavy (non-hydrogen) atoms. The van der Waals surface area contributed by atoms with Crippen LogP contribution in [0.3, 0.4) is 0 Å². The fourth-order valence-corrected chi connectivity index (χ4v) is 5.41. The van der Waals surface area contributed by atoms with E-state index in [1.165, 1.54) is 11.3 Å². The second-order valence-electron chi connectivity index (χ2n) is 8.50. The van der Waals surface area contributed by atoms with Gasteiger partial charge in [0, 0.05) is 35.8 Å². The maximum Gasteiger partial charge on any atom is 0.281 e. The number of aromatic nitrogens is 2. The van der Waals surface area contributed by atoms with Crippen molar-refractivity contribution in [3.8, 4) is 5.69 Å². The molecule has 6 heteroatoms. The summed E-state index contributed by atoms with van der Waals surface area (Å²) in [5.74, 6) is 0.813. The lowest BCUT2D eigenvalue weighted by molar-refractivity contribution is 0.466. The first kappa shape index (κ1) is 18.8. The zero-order valence-corrected chi connectivity index (χ0v) is 18.6. The van der Waals surface area contributed by atoms with E-state index < -0.39 is 0 Å². The van der Waals surface area contributed by atoms with Gasteiger partial charge in [-0.05, 0) is 66.0 Å². The van der Waals surface area contributed by atoms with Crippen LogP contribution in [-0.2, 0) is 5.41 Å². The highest BCUT2D eigenvalue weighted by Crippen LogP contribution is 2.44. The molecule has 2 aliphatic heterocycles. The average molecular weight is 453 g/mol. The van der Waals surface area contributed by atoms with Crippen LogP contribution in [0.25, 0.3) is 16.6 Å². The van der Waals surface area contributed by atoms with Gasteiger partial charge in [-0.15, -0.1) is 0 Å². The molecule has 150 valence electrons. The number of hydrogen-bond acceptors (Lipinski definition) is 4. The van der Waals surface area contributed by atoms with Crippen LogP contribution in [0, 0.1) is 0 Å². The number of fused-ring (bicyclic) bond motifs is 5. The largest absolute Gasteiger partial charge is 0.366 e. The molecule has 0 saturated carbocycles. The summed E-state index contributed by atoms with van der Waals surface area (Å²) in [6.45, 7) is 9.57. The van der Waals surface area contributed by atoms with Crippen molar-refractivity contribution in [1.82, 2.24) is 14.9 Å². The molecule has 1 N–H and O–H groups in total. The van der Waals surface area contributed by atoms with Gasteiger partial charge in [0.2, 0.25) is 0 Å². The third-order valence-electron chi connectivity index (χ3n) is 6.47. The third kappa shape index (κ3) is 2.69. The Bertz CT molecular complexity index is 1180. The molecule has 0 radical (unpaired) electrons. The first-order valence-corrected chi connectivity index (χ1v) is 11.1. The van der Waals surface area contributed by atoms with Gasteiger partial charge in [0.1, 0.15) is 5.82 Å². The molecule has 3 heterocycles. The summed E-state index contributed by atoms with van der Waals surface area (Å²) in [5, 5.41) is 4.14. The minimum atomic E-state index is -0.322. The Hall–Kier alpha value is -2.18. The average Bonchev–Trinajstić information content (AvgIpc) is 2.94. The summed E-state index contributed by atoms with van der Waals surface area (Å²) in [6.07, 6.45) is 1.11. The molecule has 2 aliphatic rings. The van der Waals surface area contributed by atoms with E-state index in [2.05, 4.69) is 74.7 Å². The molecule has 5 nitrogen and oxygen atoms in total. The third-order valence-corrected chi connectivity index (χ3v) is 7.13. The number of halogens is 1. The molecule has 1 aromatic heterocycles. The Labute approximate surface area is 178 Å². The van der Waals surface area contributed by atoms with E-state index in [1.54, 1.807) is 0 Å². The second-order valence-corrected chi connectivity index (χ2v) is 9.35. The lowest BCUT2D eigenvalue weighted by atomic mass is 9.85. The smallest absolute Gasteiger partial charge is 0.281 e. The number of rotatable bonds is 2. The second kappa shape index (κ2) is 6.67. The first-order valence-electron chi connectivity index (χ1n) is 10.3. The Morgan fingerprint density at radius 1 is 1.28 bits per heavy atom.